The smallest absolute Gasteiger partial charge is 0.279 e. The molecule has 3 N–H and O–H groups in total. The van der Waals surface area contributed by atoms with Crippen LogP contribution in [0.3, 0.4) is 0 Å². The van der Waals surface area contributed by atoms with Crippen LogP contribution in [0.15, 0.2) is 17.5 Å². The SMILES string of the molecule is O=C(CN1CCC(O)C1)NNC(=O)c1cccs1. The number of rotatable bonds is 3. The van der Waals surface area contributed by atoms with Crippen LogP contribution in [0.1, 0.15) is 16.1 Å². The second kappa shape index (κ2) is 5.94. The molecular weight excluding hydrogens is 254 g/mol. The zero-order valence-electron chi connectivity index (χ0n) is 9.76. The van der Waals surface area contributed by atoms with Crippen molar-refractivity contribution in [1.29, 1.82) is 0 Å². The van der Waals surface area contributed by atoms with E-state index in [4.69, 9.17) is 0 Å². The van der Waals surface area contributed by atoms with E-state index >= 15 is 0 Å². The molecule has 0 radical (unpaired) electrons. The minimum atomic E-state index is -0.349. The minimum Gasteiger partial charge on any atom is -0.392 e. The van der Waals surface area contributed by atoms with Crippen LogP contribution < -0.4 is 10.9 Å². The van der Waals surface area contributed by atoms with Crippen molar-refractivity contribution in [2.75, 3.05) is 19.6 Å². The first kappa shape index (κ1) is 13.0. The van der Waals surface area contributed by atoms with Crippen LogP contribution >= 0.6 is 11.3 Å². The quantitative estimate of drug-likeness (QED) is 0.651. The molecule has 2 heterocycles. The van der Waals surface area contributed by atoms with Crippen molar-refractivity contribution in [2.45, 2.75) is 12.5 Å². The van der Waals surface area contributed by atoms with E-state index in [1.54, 1.807) is 17.5 Å². The molecule has 1 saturated heterocycles. The van der Waals surface area contributed by atoms with Crippen LogP contribution in [-0.2, 0) is 4.79 Å². The van der Waals surface area contributed by atoms with Crippen LogP contribution in [0.4, 0.5) is 0 Å². The number of hydrogen-bond acceptors (Lipinski definition) is 5. The van der Waals surface area contributed by atoms with Crippen molar-refractivity contribution in [3.05, 3.63) is 22.4 Å². The Morgan fingerprint density at radius 2 is 2.33 bits per heavy atom. The lowest BCUT2D eigenvalue weighted by Gasteiger charge is -2.14. The molecule has 18 heavy (non-hydrogen) atoms. The molecule has 1 aromatic rings. The lowest BCUT2D eigenvalue weighted by atomic mass is 10.3. The molecule has 98 valence electrons. The number of thiophene rings is 1. The fraction of sp³-hybridized carbons (Fsp3) is 0.455. The molecule has 1 unspecified atom stereocenters. The van der Waals surface area contributed by atoms with Gasteiger partial charge in [0, 0.05) is 13.1 Å². The predicted molar refractivity (Wildman–Crippen MR) is 67.0 cm³/mol. The molecule has 0 bridgehead atoms. The van der Waals surface area contributed by atoms with Gasteiger partial charge in [0.05, 0.1) is 17.5 Å². The molecule has 1 aliphatic rings. The number of nitrogens with zero attached hydrogens (tertiary/aromatic N) is 1. The molecule has 6 nitrogen and oxygen atoms in total. The Morgan fingerprint density at radius 3 is 2.94 bits per heavy atom. The standard InChI is InChI=1S/C11H15N3O3S/c15-8-3-4-14(6-8)7-10(16)12-13-11(17)9-2-1-5-18-9/h1-2,5,8,15H,3-4,6-7H2,(H,12,16)(H,13,17). The van der Waals surface area contributed by atoms with E-state index in [1.165, 1.54) is 11.3 Å². The monoisotopic (exact) mass is 269 g/mol. The summed E-state index contributed by atoms with van der Waals surface area (Å²) < 4.78 is 0. The molecule has 2 amide bonds. The van der Waals surface area contributed by atoms with Gasteiger partial charge in [-0.1, -0.05) is 6.07 Å². The fourth-order valence-corrected chi connectivity index (χ4v) is 2.41. The van der Waals surface area contributed by atoms with Crippen molar-refractivity contribution >= 4 is 23.2 Å². The Labute approximate surface area is 109 Å². The number of carbonyl (C=O) groups is 2. The van der Waals surface area contributed by atoms with Gasteiger partial charge in [0.1, 0.15) is 0 Å². The van der Waals surface area contributed by atoms with Gasteiger partial charge < -0.3 is 5.11 Å². The van der Waals surface area contributed by atoms with Crippen molar-refractivity contribution in [3.8, 4) is 0 Å². The van der Waals surface area contributed by atoms with E-state index < -0.39 is 0 Å². The topological polar surface area (TPSA) is 81.7 Å². The number of β-amino-alcohol motifs (C(OH)–C–C–N with tert-alkyl or cyclic N) is 1. The summed E-state index contributed by atoms with van der Waals surface area (Å²) in [6.45, 7) is 1.39. The Kier molecular flexibility index (Phi) is 4.29. The number of amides is 2. The molecule has 2 rings (SSSR count). The van der Waals surface area contributed by atoms with E-state index in [-0.39, 0.29) is 24.5 Å². The highest BCUT2D eigenvalue weighted by Gasteiger charge is 2.22. The summed E-state index contributed by atoms with van der Waals surface area (Å²) in [5.41, 5.74) is 4.71. The second-order valence-corrected chi connectivity index (χ2v) is 5.10. The van der Waals surface area contributed by atoms with E-state index in [9.17, 15) is 14.7 Å². The van der Waals surface area contributed by atoms with Crippen LogP contribution in [0.5, 0.6) is 0 Å². The number of nitrogens with one attached hydrogen (secondary N) is 2. The highest BCUT2D eigenvalue weighted by molar-refractivity contribution is 7.12. The summed E-state index contributed by atoms with van der Waals surface area (Å²) in [4.78, 5) is 25.5. The van der Waals surface area contributed by atoms with Crippen LogP contribution in [0.2, 0.25) is 0 Å². The normalized spacial score (nSPS) is 19.7. The maximum atomic E-state index is 11.5. The molecule has 1 atom stereocenters. The Balaban J connectivity index is 1.70. The van der Waals surface area contributed by atoms with Crippen molar-refractivity contribution in [3.63, 3.8) is 0 Å². The third-order valence-corrected chi connectivity index (χ3v) is 3.54. The van der Waals surface area contributed by atoms with Gasteiger partial charge in [0.15, 0.2) is 0 Å². The van der Waals surface area contributed by atoms with Crippen molar-refractivity contribution in [2.24, 2.45) is 0 Å². The predicted octanol–water partition coefficient (Wildman–Crippen LogP) is -0.424. The number of hydrogen-bond donors (Lipinski definition) is 3. The Hall–Kier alpha value is -1.44. The van der Waals surface area contributed by atoms with E-state index in [2.05, 4.69) is 10.9 Å². The number of hydrazine groups is 1. The zero-order valence-corrected chi connectivity index (χ0v) is 10.6. The summed E-state index contributed by atoms with van der Waals surface area (Å²) in [7, 11) is 0. The van der Waals surface area contributed by atoms with Gasteiger partial charge >= 0.3 is 0 Å². The van der Waals surface area contributed by atoms with E-state index in [0.717, 1.165) is 0 Å². The van der Waals surface area contributed by atoms with Gasteiger partial charge in [0.2, 0.25) is 0 Å². The van der Waals surface area contributed by atoms with Crippen LogP contribution in [-0.4, -0.2) is 47.6 Å². The Bertz CT molecular complexity index is 421. The van der Waals surface area contributed by atoms with E-state index in [0.29, 0.717) is 24.4 Å². The fourth-order valence-electron chi connectivity index (χ4n) is 1.79. The molecule has 7 heteroatoms. The number of likely N-dealkylation sites (tertiary alicyclic amines) is 1. The highest BCUT2D eigenvalue weighted by Crippen LogP contribution is 2.08. The van der Waals surface area contributed by atoms with Gasteiger partial charge in [-0.25, -0.2) is 0 Å². The first-order valence-electron chi connectivity index (χ1n) is 5.68. The summed E-state index contributed by atoms with van der Waals surface area (Å²) in [5.74, 6) is -0.603. The maximum Gasteiger partial charge on any atom is 0.279 e. The number of aliphatic hydroxyl groups excluding tert-OH is 1. The molecule has 1 fully saturated rings. The largest absolute Gasteiger partial charge is 0.392 e. The number of aliphatic hydroxyl groups is 1. The van der Waals surface area contributed by atoms with Gasteiger partial charge in [0.25, 0.3) is 11.8 Å². The van der Waals surface area contributed by atoms with Crippen molar-refractivity contribution < 1.29 is 14.7 Å². The van der Waals surface area contributed by atoms with Gasteiger partial charge in [-0.2, -0.15) is 0 Å². The average Bonchev–Trinajstić information content (AvgIpc) is 2.97. The maximum absolute atomic E-state index is 11.5. The summed E-state index contributed by atoms with van der Waals surface area (Å²) >= 11 is 1.31. The van der Waals surface area contributed by atoms with Gasteiger partial charge in [-0.05, 0) is 17.9 Å². The first-order chi connectivity index (χ1) is 8.65. The molecule has 0 spiro atoms. The van der Waals surface area contributed by atoms with Crippen LogP contribution in [0.25, 0.3) is 0 Å². The molecular formula is C11H15N3O3S. The van der Waals surface area contributed by atoms with E-state index in [1.807, 2.05) is 4.90 Å². The molecule has 0 saturated carbocycles. The lowest BCUT2D eigenvalue weighted by molar-refractivity contribution is -0.122. The third-order valence-electron chi connectivity index (χ3n) is 2.68. The van der Waals surface area contributed by atoms with Crippen molar-refractivity contribution in [1.82, 2.24) is 15.8 Å². The minimum absolute atomic E-state index is 0.182. The average molecular weight is 269 g/mol. The Morgan fingerprint density at radius 1 is 1.50 bits per heavy atom. The summed E-state index contributed by atoms with van der Waals surface area (Å²) in [6.07, 6.45) is 0.341. The van der Waals surface area contributed by atoms with Gasteiger partial charge in [-0.15, -0.1) is 11.3 Å². The summed E-state index contributed by atoms with van der Waals surface area (Å²) in [6, 6.07) is 3.45. The molecule has 0 aliphatic carbocycles. The number of carbonyl (C=O) groups excluding carboxylic acids is 2. The highest BCUT2D eigenvalue weighted by atomic mass is 32.1. The zero-order chi connectivity index (χ0) is 13.0. The molecule has 1 aromatic heterocycles. The van der Waals surface area contributed by atoms with Crippen LogP contribution in [0, 0.1) is 0 Å². The van der Waals surface area contributed by atoms with Gasteiger partial charge in [-0.3, -0.25) is 25.3 Å². The summed E-state index contributed by atoms with van der Waals surface area (Å²) in [5, 5.41) is 11.1. The first-order valence-corrected chi connectivity index (χ1v) is 6.56. The second-order valence-electron chi connectivity index (χ2n) is 4.16. The molecule has 1 aliphatic heterocycles. The lowest BCUT2D eigenvalue weighted by Crippen LogP contribution is -2.46. The molecule has 0 aromatic carbocycles. The third kappa shape index (κ3) is 3.52.